The molecule has 1 atom stereocenters. The number of likely N-dealkylation sites (N-methyl/N-ethyl adjacent to an activating group) is 2. The van der Waals surface area contributed by atoms with E-state index in [1.165, 1.54) is 11.3 Å². The van der Waals surface area contributed by atoms with Crippen LogP contribution in [-0.4, -0.2) is 50.9 Å². The Balaban J connectivity index is 1.58. The van der Waals surface area contributed by atoms with Crippen LogP contribution in [0.2, 0.25) is 5.02 Å². The Hall–Kier alpha value is -2.57. The van der Waals surface area contributed by atoms with Crippen LogP contribution in [-0.2, 0) is 22.6 Å². The second-order valence-electron chi connectivity index (χ2n) is 7.52. The van der Waals surface area contributed by atoms with E-state index in [9.17, 15) is 9.59 Å². The minimum atomic E-state index is -0.669. The van der Waals surface area contributed by atoms with E-state index in [-0.39, 0.29) is 12.6 Å². The quantitative estimate of drug-likeness (QED) is 0.712. The first-order valence-electron chi connectivity index (χ1n) is 9.66. The molecule has 0 fully saturated rings. The second-order valence-corrected chi connectivity index (χ2v) is 7.93. The van der Waals surface area contributed by atoms with Gasteiger partial charge in [0.2, 0.25) is 0 Å². The van der Waals surface area contributed by atoms with Crippen molar-refractivity contribution in [1.82, 2.24) is 15.5 Å². The number of benzene rings is 2. The maximum Gasteiger partial charge on any atom is 0.309 e. The van der Waals surface area contributed by atoms with Crippen molar-refractivity contribution in [2.24, 2.45) is 0 Å². The molecule has 0 saturated heterocycles. The van der Waals surface area contributed by atoms with Crippen LogP contribution in [0.5, 0.6) is 0 Å². The zero-order chi connectivity index (χ0) is 21.0. The van der Waals surface area contributed by atoms with Gasteiger partial charge in [-0.1, -0.05) is 41.9 Å². The zero-order valence-electron chi connectivity index (χ0n) is 17.0. The molecule has 0 bridgehead atoms. The average molecular weight is 415 g/mol. The molecule has 2 N–H and O–H groups in total. The van der Waals surface area contributed by atoms with Gasteiger partial charge in [-0.25, -0.2) is 0 Å². The van der Waals surface area contributed by atoms with Crippen LogP contribution < -0.4 is 15.5 Å². The smallest absolute Gasteiger partial charge is 0.309 e. The minimum absolute atomic E-state index is 0.0217. The lowest BCUT2D eigenvalue weighted by Gasteiger charge is -2.26. The highest BCUT2D eigenvalue weighted by Crippen LogP contribution is 2.30. The van der Waals surface area contributed by atoms with Crippen molar-refractivity contribution in [1.29, 1.82) is 0 Å². The highest BCUT2D eigenvalue weighted by molar-refractivity contribution is 6.35. The molecular weight excluding hydrogens is 388 g/mol. The van der Waals surface area contributed by atoms with E-state index in [1.807, 2.05) is 37.2 Å². The molecular formula is C22H27ClN4O2. The SMILES string of the molecule is CN1CCc2cc([C@H](CNC(=O)C(=O)NCc3ccccc3Cl)N(C)C)ccc21. The van der Waals surface area contributed by atoms with E-state index in [4.69, 9.17) is 11.6 Å². The summed E-state index contributed by atoms with van der Waals surface area (Å²) in [6.45, 7) is 1.58. The Kier molecular flexibility index (Phi) is 6.77. The highest BCUT2D eigenvalue weighted by Gasteiger charge is 2.22. The third-order valence-corrected chi connectivity index (χ3v) is 5.67. The maximum atomic E-state index is 12.3. The van der Waals surface area contributed by atoms with Crippen LogP contribution in [0.15, 0.2) is 42.5 Å². The molecule has 0 unspecified atom stereocenters. The van der Waals surface area contributed by atoms with Crippen LogP contribution in [0.3, 0.4) is 0 Å². The molecule has 2 aromatic rings. The van der Waals surface area contributed by atoms with Gasteiger partial charge in [-0.3, -0.25) is 9.59 Å². The number of rotatable bonds is 6. The van der Waals surface area contributed by atoms with Gasteiger partial charge in [-0.2, -0.15) is 0 Å². The van der Waals surface area contributed by atoms with Crippen molar-refractivity contribution in [2.45, 2.75) is 19.0 Å². The molecule has 1 aliphatic rings. The fourth-order valence-corrected chi connectivity index (χ4v) is 3.76. The normalized spacial score (nSPS) is 13.9. The average Bonchev–Trinajstić information content (AvgIpc) is 3.07. The first-order valence-corrected chi connectivity index (χ1v) is 10.0. The summed E-state index contributed by atoms with van der Waals surface area (Å²) < 4.78 is 0. The van der Waals surface area contributed by atoms with E-state index in [0.717, 1.165) is 24.1 Å². The number of carbonyl (C=O) groups excluding carboxylic acids is 2. The third kappa shape index (κ3) is 5.08. The number of carbonyl (C=O) groups is 2. The molecule has 7 heteroatoms. The zero-order valence-corrected chi connectivity index (χ0v) is 17.8. The van der Waals surface area contributed by atoms with Gasteiger partial charge in [0.25, 0.3) is 0 Å². The summed E-state index contributed by atoms with van der Waals surface area (Å²) in [4.78, 5) is 28.7. The maximum absolute atomic E-state index is 12.3. The molecule has 154 valence electrons. The van der Waals surface area contributed by atoms with Crippen LogP contribution >= 0.6 is 11.6 Å². The number of halogens is 1. The molecule has 0 aliphatic carbocycles. The largest absolute Gasteiger partial charge is 0.374 e. The lowest BCUT2D eigenvalue weighted by atomic mass is 10.0. The van der Waals surface area contributed by atoms with Crippen molar-refractivity contribution >= 4 is 29.1 Å². The van der Waals surface area contributed by atoms with Crippen LogP contribution in [0.1, 0.15) is 22.7 Å². The molecule has 2 aromatic carbocycles. The summed E-state index contributed by atoms with van der Waals surface area (Å²) in [6, 6.07) is 13.6. The number of amides is 2. The number of nitrogens with one attached hydrogen (secondary N) is 2. The van der Waals surface area contributed by atoms with E-state index in [2.05, 4.69) is 40.8 Å². The summed E-state index contributed by atoms with van der Waals surface area (Å²) in [7, 11) is 6.03. The summed E-state index contributed by atoms with van der Waals surface area (Å²) in [5.74, 6) is -1.32. The second kappa shape index (κ2) is 9.29. The standard InChI is InChI=1S/C22H27ClN4O2/c1-26(2)20(15-8-9-19-16(12-15)10-11-27(19)3)14-25-22(29)21(28)24-13-17-6-4-5-7-18(17)23/h4-9,12,20H,10-11,13-14H2,1-3H3,(H,24,28)(H,25,29)/t20-/m0/s1. The molecule has 0 aromatic heterocycles. The molecule has 1 aliphatic heterocycles. The van der Waals surface area contributed by atoms with Crippen LogP contribution in [0, 0.1) is 0 Å². The van der Waals surface area contributed by atoms with Crippen molar-refractivity contribution in [3.8, 4) is 0 Å². The summed E-state index contributed by atoms with van der Waals surface area (Å²) in [5.41, 5.74) is 4.47. The van der Waals surface area contributed by atoms with Crippen molar-refractivity contribution < 1.29 is 9.59 Å². The molecule has 6 nitrogen and oxygen atoms in total. The first kappa shape index (κ1) is 21.1. The van der Waals surface area contributed by atoms with Gasteiger partial charge in [-0.15, -0.1) is 0 Å². The van der Waals surface area contributed by atoms with Gasteiger partial charge in [0.05, 0.1) is 6.04 Å². The van der Waals surface area contributed by atoms with Gasteiger partial charge >= 0.3 is 11.8 Å². The number of nitrogens with zero attached hydrogens (tertiary/aromatic N) is 2. The molecule has 3 rings (SSSR count). The van der Waals surface area contributed by atoms with E-state index >= 15 is 0 Å². The van der Waals surface area contributed by atoms with Gasteiger partial charge in [0.1, 0.15) is 0 Å². The van der Waals surface area contributed by atoms with Gasteiger partial charge in [-0.05, 0) is 49.3 Å². The van der Waals surface area contributed by atoms with Crippen molar-refractivity contribution in [3.63, 3.8) is 0 Å². The van der Waals surface area contributed by atoms with Gasteiger partial charge in [0, 0.05) is 37.4 Å². The van der Waals surface area contributed by atoms with Crippen molar-refractivity contribution in [3.05, 3.63) is 64.2 Å². The fourth-order valence-electron chi connectivity index (χ4n) is 3.56. The lowest BCUT2D eigenvalue weighted by Crippen LogP contribution is -2.42. The molecule has 0 radical (unpaired) electrons. The number of hydrogen-bond acceptors (Lipinski definition) is 4. The van der Waals surface area contributed by atoms with Crippen LogP contribution in [0.25, 0.3) is 0 Å². The first-order chi connectivity index (χ1) is 13.9. The fraction of sp³-hybridized carbons (Fsp3) is 0.364. The summed E-state index contributed by atoms with van der Waals surface area (Å²) >= 11 is 6.08. The molecule has 0 spiro atoms. The Morgan fingerprint density at radius 3 is 2.59 bits per heavy atom. The van der Waals surface area contributed by atoms with E-state index in [1.54, 1.807) is 6.07 Å². The molecule has 2 amide bonds. The summed E-state index contributed by atoms with van der Waals surface area (Å²) in [6.07, 6.45) is 1.02. The Bertz CT molecular complexity index is 900. The van der Waals surface area contributed by atoms with E-state index < -0.39 is 11.8 Å². The molecule has 1 heterocycles. The highest BCUT2D eigenvalue weighted by atomic mass is 35.5. The predicted octanol–water partition coefficient (Wildman–Crippen LogP) is 2.37. The third-order valence-electron chi connectivity index (χ3n) is 5.30. The minimum Gasteiger partial charge on any atom is -0.374 e. The lowest BCUT2D eigenvalue weighted by molar-refractivity contribution is -0.139. The Morgan fingerprint density at radius 1 is 1.14 bits per heavy atom. The monoisotopic (exact) mass is 414 g/mol. The topological polar surface area (TPSA) is 64.7 Å². The predicted molar refractivity (Wildman–Crippen MR) is 116 cm³/mol. The van der Waals surface area contributed by atoms with Crippen LogP contribution in [0.4, 0.5) is 5.69 Å². The van der Waals surface area contributed by atoms with Gasteiger partial charge in [0.15, 0.2) is 0 Å². The number of fused-ring (bicyclic) bond motifs is 1. The van der Waals surface area contributed by atoms with Gasteiger partial charge < -0.3 is 20.4 Å². The summed E-state index contributed by atoms with van der Waals surface area (Å²) in [5, 5.41) is 5.93. The Morgan fingerprint density at radius 2 is 1.86 bits per heavy atom. The van der Waals surface area contributed by atoms with Crippen molar-refractivity contribution in [2.75, 3.05) is 39.1 Å². The molecule has 29 heavy (non-hydrogen) atoms. The molecule has 0 saturated carbocycles. The van der Waals surface area contributed by atoms with E-state index in [0.29, 0.717) is 11.6 Å². The number of anilines is 1. The Labute approximate surface area is 176 Å². The number of hydrogen-bond donors (Lipinski definition) is 2.